The number of carbonyl (C=O) groups is 1. The number of aromatic nitrogens is 1. The van der Waals surface area contributed by atoms with Crippen molar-refractivity contribution >= 4 is 28.1 Å². The Labute approximate surface area is 123 Å². The van der Waals surface area contributed by atoms with Crippen LogP contribution >= 0.6 is 11.3 Å². The van der Waals surface area contributed by atoms with Gasteiger partial charge in [0.15, 0.2) is 5.13 Å². The molecule has 1 aromatic carbocycles. The van der Waals surface area contributed by atoms with Crippen LogP contribution in [0.5, 0.6) is 0 Å². The lowest BCUT2D eigenvalue weighted by Crippen LogP contribution is -2.14. The van der Waals surface area contributed by atoms with E-state index >= 15 is 0 Å². The van der Waals surface area contributed by atoms with E-state index in [2.05, 4.69) is 22.5 Å². The molecule has 1 heterocycles. The predicted octanol–water partition coefficient (Wildman–Crippen LogP) is 3.62. The Kier molecular flexibility index (Phi) is 4.39. The summed E-state index contributed by atoms with van der Waals surface area (Å²) in [5.74, 6) is -0.134. The first-order valence-corrected chi connectivity index (χ1v) is 7.42. The van der Waals surface area contributed by atoms with Crippen LogP contribution in [0.4, 0.5) is 10.8 Å². The number of anilines is 2. The minimum Gasteiger partial charge on any atom is -0.387 e. The lowest BCUT2D eigenvalue weighted by molar-refractivity contribution is 0.102. The molecular weight excluding hydrogens is 270 g/mol. The summed E-state index contributed by atoms with van der Waals surface area (Å²) in [6, 6.07) is 5.72. The van der Waals surface area contributed by atoms with Crippen molar-refractivity contribution in [3.63, 3.8) is 0 Å². The first-order chi connectivity index (χ1) is 9.55. The van der Waals surface area contributed by atoms with Gasteiger partial charge in [-0.1, -0.05) is 13.0 Å². The first kappa shape index (κ1) is 14.5. The van der Waals surface area contributed by atoms with Gasteiger partial charge in [0.25, 0.3) is 5.91 Å². The second-order valence-electron chi connectivity index (χ2n) is 4.63. The Bertz CT molecular complexity index is 634. The summed E-state index contributed by atoms with van der Waals surface area (Å²) >= 11 is 1.52. The van der Waals surface area contributed by atoms with Crippen molar-refractivity contribution in [2.75, 3.05) is 17.7 Å². The van der Waals surface area contributed by atoms with Crippen LogP contribution in [0.1, 0.15) is 33.4 Å². The average Bonchev–Trinajstić information content (AvgIpc) is 2.78. The maximum Gasteiger partial charge on any atom is 0.259 e. The third-order valence-electron chi connectivity index (χ3n) is 3.14. The van der Waals surface area contributed by atoms with Gasteiger partial charge in [-0.15, -0.1) is 11.3 Å². The molecule has 20 heavy (non-hydrogen) atoms. The zero-order valence-electron chi connectivity index (χ0n) is 12.2. The molecule has 0 saturated carbocycles. The van der Waals surface area contributed by atoms with Gasteiger partial charge in [-0.2, -0.15) is 0 Å². The number of carbonyl (C=O) groups excluding carboxylic acids is 1. The van der Waals surface area contributed by atoms with E-state index in [0.29, 0.717) is 10.7 Å². The molecular formula is C15H19N3OS. The van der Waals surface area contributed by atoms with E-state index in [-0.39, 0.29) is 5.91 Å². The first-order valence-electron chi connectivity index (χ1n) is 6.61. The minimum atomic E-state index is -0.134. The van der Waals surface area contributed by atoms with E-state index in [1.807, 2.05) is 39.1 Å². The van der Waals surface area contributed by atoms with Gasteiger partial charge in [-0.3, -0.25) is 10.1 Å². The molecule has 0 spiro atoms. The standard InChI is InChI=1S/C15H19N3OS/c1-5-12-10(3)20-15(17-12)18-14(19)11-7-6-9(2)8-13(11)16-4/h6-8,16H,5H2,1-4H3,(H,17,18,19). The number of hydrogen-bond donors (Lipinski definition) is 2. The molecule has 0 bridgehead atoms. The summed E-state index contributed by atoms with van der Waals surface area (Å²) in [6.45, 7) is 6.09. The van der Waals surface area contributed by atoms with Crippen molar-refractivity contribution in [1.82, 2.24) is 4.98 Å². The summed E-state index contributed by atoms with van der Waals surface area (Å²) in [4.78, 5) is 17.9. The monoisotopic (exact) mass is 289 g/mol. The highest BCUT2D eigenvalue weighted by Crippen LogP contribution is 2.24. The fourth-order valence-corrected chi connectivity index (χ4v) is 2.93. The van der Waals surface area contributed by atoms with Crippen LogP contribution < -0.4 is 10.6 Å². The summed E-state index contributed by atoms with van der Waals surface area (Å²) in [7, 11) is 1.81. The highest BCUT2D eigenvalue weighted by Gasteiger charge is 2.14. The van der Waals surface area contributed by atoms with Crippen molar-refractivity contribution in [3.05, 3.63) is 39.9 Å². The topological polar surface area (TPSA) is 54.0 Å². The third kappa shape index (κ3) is 2.99. The highest BCUT2D eigenvalue weighted by molar-refractivity contribution is 7.15. The van der Waals surface area contributed by atoms with Crippen molar-refractivity contribution in [1.29, 1.82) is 0 Å². The smallest absolute Gasteiger partial charge is 0.259 e. The maximum atomic E-state index is 12.3. The van der Waals surface area contributed by atoms with Crippen molar-refractivity contribution in [2.24, 2.45) is 0 Å². The molecule has 2 aromatic rings. The van der Waals surface area contributed by atoms with Gasteiger partial charge in [0, 0.05) is 17.6 Å². The second-order valence-corrected chi connectivity index (χ2v) is 5.83. The van der Waals surface area contributed by atoms with E-state index in [9.17, 15) is 4.79 Å². The zero-order chi connectivity index (χ0) is 14.7. The SMILES string of the molecule is CCc1nc(NC(=O)c2ccc(C)cc2NC)sc1C. The molecule has 1 amide bonds. The molecule has 0 fully saturated rings. The number of nitrogens with one attached hydrogen (secondary N) is 2. The van der Waals surface area contributed by atoms with Crippen LogP contribution in [-0.2, 0) is 6.42 Å². The van der Waals surface area contributed by atoms with E-state index in [1.54, 1.807) is 0 Å². The Morgan fingerprint density at radius 1 is 1.35 bits per heavy atom. The Hall–Kier alpha value is -1.88. The summed E-state index contributed by atoms with van der Waals surface area (Å²) in [5.41, 5.74) is 3.61. The lowest BCUT2D eigenvalue weighted by Gasteiger charge is -2.09. The van der Waals surface area contributed by atoms with Crippen molar-refractivity contribution in [2.45, 2.75) is 27.2 Å². The number of rotatable bonds is 4. The molecule has 0 aliphatic heterocycles. The normalized spacial score (nSPS) is 10.4. The van der Waals surface area contributed by atoms with Crippen molar-refractivity contribution < 1.29 is 4.79 Å². The second kappa shape index (κ2) is 6.05. The lowest BCUT2D eigenvalue weighted by atomic mass is 10.1. The fraction of sp³-hybridized carbons (Fsp3) is 0.333. The Morgan fingerprint density at radius 2 is 2.10 bits per heavy atom. The number of nitrogens with zero attached hydrogens (tertiary/aromatic N) is 1. The van der Waals surface area contributed by atoms with Gasteiger partial charge in [0.2, 0.25) is 0 Å². The van der Waals surface area contributed by atoms with Gasteiger partial charge in [-0.25, -0.2) is 4.98 Å². The molecule has 0 unspecified atom stereocenters. The molecule has 4 nitrogen and oxygen atoms in total. The Balaban J connectivity index is 2.23. The van der Waals surface area contributed by atoms with Crippen LogP contribution in [0.25, 0.3) is 0 Å². The molecule has 2 rings (SSSR count). The third-order valence-corrected chi connectivity index (χ3v) is 4.07. The number of hydrogen-bond acceptors (Lipinski definition) is 4. The van der Waals surface area contributed by atoms with Gasteiger partial charge in [0.05, 0.1) is 11.3 Å². The van der Waals surface area contributed by atoms with Crippen LogP contribution in [-0.4, -0.2) is 17.9 Å². The molecule has 0 aliphatic carbocycles. The molecule has 0 radical (unpaired) electrons. The van der Waals surface area contributed by atoms with E-state index < -0.39 is 0 Å². The number of aryl methyl sites for hydroxylation is 3. The molecule has 0 aliphatic rings. The largest absolute Gasteiger partial charge is 0.387 e. The summed E-state index contributed by atoms with van der Waals surface area (Å²) < 4.78 is 0. The van der Waals surface area contributed by atoms with Crippen LogP contribution in [0, 0.1) is 13.8 Å². The number of amides is 1. The van der Waals surface area contributed by atoms with Crippen LogP contribution in [0.3, 0.4) is 0 Å². The van der Waals surface area contributed by atoms with Gasteiger partial charge >= 0.3 is 0 Å². The summed E-state index contributed by atoms with van der Waals surface area (Å²) in [6.07, 6.45) is 0.879. The van der Waals surface area contributed by atoms with E-state index in [4.69, 9.17) is 0 Å². The number of thiazole rings is 1. The molecule has 0 saturated heterocycles. The van der Waals surface area contributed by atoms with Crippen LogP contribution in [0.2, 0.25) is 0 Å². The van der Waals surface area contributed by atoms with E-state index in [1.165, 1.54) is 11.3 Å². The minimum absolute atomic E-state index is 0.134. The zero-order valence-corrected chi connectivity index (χ0v) is 13.0. The highest BCUT2D eigenvalue weighted by atomic mass is 32.1. The summed E-state index contributed by atoms with van der Waals surface area (Å²) in [5, 5.41) is 6.59. The predicted molar refractivity (Wildman–Crippen MR) is 84.9 cm³/mol. The van der Waals surface area contributed by atoms with E-state index in [0.717, 1.165) is 28.2 Å². The quantitative estimate of drug-likeness (QED) is 0.904. The number of benzene rings is 1. The molecule has 0 atom stereocenters. The van der Waals surface area contributed by atoms with Gasteiger partial charge < -0.3 is 5.32 Å². The molecule has 2 N–H and O–H groups in total. The van der Waals surface area contributed by atoms with Gasteiger partial charge in [0.1, 0.15) is 0 Å². The Morgan fingerprint density at radius 3 is 2.70 bits per heavy atom. The fourth-order valence-electron chi connectivity index (χ4n) is 2.04. The maximum absolute atomic E-state index is 12.3. The van der Waals surface area contributed by atoms with Crippen LogP contribution in [0.15, 0.2) is 18.2 Å². The van der Waals surface area contributed by atoms with Gasteiger partial charge in [-0.05, 0) is 38.0 Å². The average molecular weight is 289 g/mol. The van der Waals surface area contributed by atoms with Crippen molar-refractivity contribution in [3.8, 4) is 0 Å². The molecule has 5 heteroatoms. The molecule has 1 aromatic heterocycles. The molecule has 106 valence electrons.